The normalized spacial score (nSPS) is 12.5. The number of aromatic nitrogens is 7. The summed E-state index contributed by atoms with van der Waals surface area (Å²) < 4.78 is 179. The SMILES string of the molecule is Nc1nc(Cl)nc(Nc2ccc(S(=O)(=O)[O-])c(NS(=O)(=O)c3ccc4c5[nH]c(c4c3)Nc3[n-]c(c4ccc(S(=O)(=O)[O-])cc34)Nc3[nH]c(c4cc(S(=O)(=O)[O-])ccc34)Nc3[n-]c(c4ccc(S(=O)(=O)[O-])cc34)N5)c2)n1.[Cu+2].[Na+].[Na+].[Na+].[Na+]. The zero-order valence-electron chi connectivity index (χ0n) is 40.9. The van der Waals surface area contributed by atoms with Gasteiger partial charge in [0.15, 0.2) is 0 Å². The van der Waals surface area contributed by atoms with E-state index >= 15 is 0 Å². The number of nitrogen functional groups attached to an aromatic ring is 1. The Morgan fingerprint density at radius 1 is 0.463 bits per heavy atom. The van der Waals surface area contributed by atoms with Crippen molar-refractivity contribution in [3.05, 3.63) is 96.3 Å². The number of halogens is 1. The molecule has 10 N–H and O–H groups in total. The molecule has 8 bridgehead atoms. The van der Waals surface area contributed by atoms with Gasteiger partial charge in [-0.25, -0.2) is 42.1 Å². The molecule has 5 aromatic heterocycles. The molecule has 0 amide bonds. The molecule has 0 atom stereocenters. The molecule has 10 aromatic rings. The Kier molecular flexibility index (Phi) is 19.4. The number of sulfonamides is 1. The zero-order valence-corrected chi connectivity index (χ0v) is 54.7. The average molecular weight is 1290 g/mol. The third-order valence-corrected chi connectivity index (χ3v) is 16.5. The van der Waals surface area contributed by atoms with Gasteiger partial charge in [0.2, 0.25) is 17.2 Å². The monoisotopic (exact) mass is 1290 g/mol. The van der Waals surface area contributed by atoms with Crippen LogP contribution in [0.1, 0.15) is 0 Å². The molecule has 1 aliphatic rings. The van der Waals surface area contributed by atoms with E-state index in [1.165, 1.54) is 24.3 Å². The van der Waals surface area contributed by atoms with Gasteiger partial charge in [-0.15, -0.1) is 0 Å². The number of anilines is 12. The maximum Gasteiger partial charge on any atom is 2.00 e. The van der Waals surface area contributed by atoms with Crippen LogP contribution in [0.3, 0.4) is 0 Å². The van der Waals surface area contributed by atoms with E-state index < -0.39 is 80.7 Å². The fourth-order valence-electron chi connectivity index (χ4n) is 8.27. The Labute approximate surface area is 555 Å². The topological polar surface area (TPSA) is 460 Å². The van der Waals surface area contributed by atoms with Gasteiger partial charge in [0.1, 0.15) is 40.5 Å². The summed E-state index contributed by atoms with van der Waals surface area (Å²) >= 11 is 5.88. The van der Waals surface area contributed by atoms with Gasteiger partial charge >= 0.3 is 135 Å². The predicted molar refractivity (Wildman–Crippen MR) is 266 cm³/mol. The summed E-state index contributed by atoms with van der Waals surface area (Å²) in [4.78, 5) is 23.4. The molecular formula is C41H25ClCuN14Na4O14S5. The molecule has 11 rings (SSSR count). The van der Waals surface area contributed by atoms with E-state index in [4.69, 9.17) is 17.3 Å². The molecular weight excluding hydrogens is 1260 g/mol. The van der Waals surface area contributed by atoms with E-state index in [-0.39, 0.29) is 248 Å². The number of benzene rings is 5. The van der Waals surface area contributed by atoms with Gasteiger partial charge in [-0.1, -0.05) is 24.3 Å². The van der Waals surface area contributed by atoms with E-state index in [0.717, 1.165) is 66.7 Å². The molecule has 80 heavy (non-hydrogen) atoms. The Morgan fingerprint density at radius 3 is 1.27 bits per heavy atom. The van der Waals surface area contributed by atoms with Crippen LogP contribution in [-0.2, 0) is 67.6 Å². The first-order valence-corrected chi connectivity index (χ1v) is 28.2. The summed E-state index contributed by atoms with van der Waals surface area (Å²) in [5, 5.41) is 15.6. The molecule has 6 heterocycles. The fraction of sp³-hybridized carbons (Fsp3) is 0. The van der Waals surface area contributed by atoms with Crippen LogP contribution >= 0.6 is 11.6 Å². The third-order valence-electron chi connectivity index (χ3n) is 11.5. The molecule has 0 spiro atoms. The van der Waals surface area contributed by atoms with Crippen LogP contribution in [0.15, 0.2) is 115 Å². The molecule has 395 valence electrons. The maximum absolute atomic E-state index is 14.4. The minimum Gasteiger partial charge on any atom is -0.744 e. The smallest absolute Gasteiger partial charge is 0.744 e. The van der Waals surface area contributed by atoms with Gasteiger partial charge < -0.3 is 70.5 Å². The van der Waals surface area contributed by atoms with Gasteiger partial charge in [-0.05, 0) is 99.9 Å². The first-order chi connectivity index (χ1) is 35.2. The molecule has 28 nitrogen and oxygen atoms in total. The van der Waals surface area contributed by atoms with Crippen LogP contribution < -0.4 is 165 Å². The van der Waals surface area contributed by atoms with Crippen molar-refractivity contribution in [2.24, 2.45) is 0 Å². The second-order valence-corrected chi connectivity index (χ2v) is 23.7. The number of nitrogens with one attached hydrogen (secondary N) is 8. The van der Waals surface area contributed by atoms with E-state index in [2.05, 4.69) is 66.2 Å². The van der Waals surface area contributed by atoms with Gasteiger partial charge in [0.05, 0.1) is 53.4 Å². The molecule has 0 saturated heterocycles. The van der Waals surface area contributed by atoms with Crippen molar-refractivity contribution >= 4 is 175 Å². The number of nitrogens with two attached hydrogens (primary N) is 1. The van der Waals surface area contributed by atoms with Crippen molar-refractivity contribution < 1.29 is 196 Å². The van der Waals surface area contributed by atoms with Gasteiger partial charge in [-0.2, -0.15) is 15.0 Å². The number of rotatable bonds is 9. The Morgan fingerprint density at radius 2 is 0.850 bits per heavy atom. The minimum absolute atomic E-state index is 0. The van der Waals surface area contributed by atoms with Crippen LogP contribution in [0.2, 0.25) is 5.28 Å². The molecule has 5 aromatic carbocycles. The quantitative estimate of drug-likeness (QED) is 0.0479. The summed E-state index contributed by atoms with van der Waals surface area (Å²) in [5.41, 5.74) is 4.89. The maximum atomic E-state index is 14.4. The number of aromatic amines is 2. The molecule has 0 unspecified atom stereocenters. The van der Waals surface area contributed by atoms with Crippen LogP contribution in [0.4, 0.5) is 69.8 Å². The fourth-order valence-corrected chi connectivity index (χ4v) is 11.7. The number of hydrogen-bond donors (Lipinski definition) is 9. The molecule has 1 radical (unpaired) electrons. The second kappa shape index (κ2) is 23.7. The van der Waals surface area contributed by atoms with Gasteiger partial charge in [0, 0.05) is 50.5 Å². The Hall–Kier alpha value is -3.73. The second-order valence-electron chi connectivity index (χ2n) is 16.2. The zero-order chi connectivity index (χ0) is 53.3. The summed E-state index contributed by atoms with van der Waals surface area (Å²) in [5.74, 6) is -0.756. The predicted octanol–water partition coefficient (Wildman–Crippen LogP) is -7.25. The summed E-state index contributed by atoms with van der Waals surface area (Å²) in [6.07, 6.45) is 0. The molecule has 1 aliphatic heterocycles. The summed E-state index contributed by atoms with van der Waals surface area (Å²) in [6, 6.07) is 16.5. The van der Waals surface area contributed by atoms with Crippen molar-refractivity contribution in [2.45, 2.75) is 24.5 Å². The van der Waals surface area contributed by atoms with E-state index in [9.17, 15) is 60.3 Å². The standard InChI is InChI=1S/C41H29ClN14O14S5.Cu.4Na/c42-39-53-40(43)55-41(54-39)44-16-1-10-30(75(68,69)70)29(11-16)56-71(57,58)17-2-6-21-25(12-17)35-47-31(21)45-32-23-8-4-19(73(62,63)64)14-27(23)37(49-32)52-38-28-15-20(74(65,66)67)5-9-24(28)34(50-38)46-33-22-7-3-18(72(59,60)61)13-26(22)36(48-33)51-35;;;;;/h1-15,45-47,50-52,56H,(H,59,60,61)(H,62,63,64)(H,65,66,67)(H,68,69,70)(H3,43,44,53,54,55);;;;;/q-2;+2;4*+1/p-4. The first-order valence-electron chi connectivity index (χ1n) is 20.7. The molecule has 39 heteroatoms. The van der Waals surface area contributed by atoms with Crippen molar-refractivity contribution in [1.29, 1.82) is 0 Å². The Bertz CT molecular complexity index is 4740. The first kappa shape index (κ1) is 65.4. The van der Waals surface area contributed by atoms with Crippen LogP contribution in [0.5, 0.6) is 0 Å². The van der Waals surface area contributed by atoms with Crippen LogP contribution in [0, 0.1) is 0 Å². The van der Waals surface area contributed by atoms with Gasteiger partial charge in [-0.3, -0.25) is 4.72 Å². The third kappa shape index (κ3) is 12.8. The minimum atomic E-state index is -5.35. The van der Waals surface area contributed by atoms with Crippen molar-refractivity contribution in [2.75, 3.05) is 37.0 Å². The number of hydrogen-bond acceptors (Lipinski definition) is 23. The van der Waals surface area contributed by atoms with Crippen molar-refractivity contribution in [1.82, 2.24) is 34.9 Å². The largest absolute Gasteiger partial charge is 2.00 e. The summed E-state index contributed by atoms with van der Waals surface area (Å²) in [7, 11) is -25.4. The van der Waals surface area contributed by atoms with Crippen molar-refractivity contribution in [3.8, 4) is 0 Å². The van der Waals surface area contributed by atoms with Crippen LogP contribution in [-0.4, -0.2) is 85.2 Å². The van der Waals surface area contributed by atoms with Crippen molar-refractivity contribution in [3.63, 3.8) is 0 Å². The summed E-state index contributed by atoms with van der Waals surface area (Å²) in [6.45, 7) is 0. The molecule has 0 saturated carbocycles. The van der Waals surface area contributed by atoms with E-state index in [1.54, 1.807) is 0 Å². The molecule has 0 fully saturated rings. The van der Waals surface area contributed by atoms with E-state index in [0.29, 0.717) is 0 Å². The number of fused-ring (bicyclic) bond motifs is 20. The average Bonchev–Trinajstić information content (AvgIpc) is 4.09. The molecule has 0 aliphatic carbocycles. The number of nitrogens with zero attached hydrogens (tertiary/aromatic N) is 5. The van der Waals surface area contributed by atoms with E-state index in [1.807, 2.05) is 0 Å². The van der Waals surface area contributed by atoms with Gasteiger partial charge in [0.25, 0.3) is 10.0 Å². The number of H-pyrrole nitrogens is 2. The van der Waals surface area contributed by atoms with Crippen LogP contribution in [0.25, 0.3) is 43.1 Å². The Balaban J connectivity index is 0.00000206.